The monoisotopic (exact) mass is 446 g/mol. The first kappa shape index (κ1) is 18.4. The lowest BCUT2D eigenvalue weighted by atomic mass is 10.3. The average Bonchev–Trinajstić information content (AvgIpc) is 3.06. The molecule has 1 aromatic heterocycles. The molecule has 134 valence electrons. The fourth-order valence-corrected chi connectivity index (χ4v) is 4.75. The molecular weight excluding hydrogens is 432 g/mol. The highest BCUT2D eigenvalue weighted by atomic mass is 79.9. The average molecular weight is 448 g/mol. The Hall–Kier alpha value is -1.35. The maximum absolute atomic E-state index is 12.9. The van der Waals surface area contributed by atoms with Gasteiger partial charge in [0.2, 0.25) is 15.9 Å². The Morgan fingerprint density at radius 2 is 2.12 bits per heavy atom. The van der Waals surface area contributed by atoms with E-state index in [-0.39, 0.29) is 23.3 Å². The van der Waals surface area contributed by atoms with E-state index in [4.69, 9.17) is 21.1 Å². The van der Waals surface area contributed by atoms with Gasteiger partial charge in [0, 0.05) is 28.3 Å². The summed E-state index contributed by atoms with van der Waals surface area (Å²) in [5.41, 5.74) is 0. The van der Waals surface area contributed by atoms with Crippen molar-refractivity contribution in [1.82, 2.24) is 9.29 Å². The van der Waals surface area contributed by atoms with Gasteiger partial charge < -0.3 is 9.47 Å². The van der Waals surface area contributed by atoms with E-state index < -0.39 is 10.0 Å². The minimum Gasteiger partial charge on any atom is -0.495 e. The normalized spacial score (nSPS) is 18.3. The third-order valence-electron chi connectivity index (χ3n) is 3.84. The molecule has 25 heavy (non-hydrogen) atoms. The summed E-state index contributed by atoms with van der Waals surface area (Å²) in [6.07, 6.45) is 1.96. The van der Waals surface area contributed by atoms with Crippen LogP contribution in [0.25, 0.3) is 0 Å². The predicted octanol–water partition coefficient (Wildman–Crippen LogP) is 3.35. The lowest BCUT2D eigenvalue weighted by Crippen LogP contribution is -2.31. The summed E-state index contributed by atoms with van der Waals surface area (Å²) in [5.74, 6) is 0.733. The smallest absolute Gasteiger partial charge is 0.246 e. The van der Waals surface area contributed by atoms with Gasteiger partial charge in [-0.15, -0.1) is 0 Å². The first-order valence-corrected chi connectivity index (χ1v) is 10.1. The van der Waals surface area contributed by atoms with Crippen LogP contribution in [0.1, 0.15) is 6.42 Å². The zero-order valence-corrected chi connectivity index (χ0v) is 16.5. The van der Waals surface area contributed by atoms with Crippen molar-refractivity contribution < 1.29 is 17.9 Å². The molecule has 0 unspecified atom stereocenters. The molecule has 0 N–H and O–H groups in total. The molecule has 1 atom stereocenters. The molecule has 1 fully saturated rings. The summed E-state index contributed by atoms with van der Waals surface area (Å²) in [5, 5.41) is 0.338. The molecule has 0 saturated carbocycles. The van der Waals surface area contributed by atoms with Gasteiger partial charge >= 0.3 is 0 Å². The number of hydrogen-bond donors (Lipinski definition) is 0. The third-order valence-corrected chi connectivity index (χ3v) is 6.43. The quantitative estimate of drug-likeness (QED) is 0.703. The van der Waals surface area contributed by atoms with Gasteiger partial charge in [-0.3, -0.25) is 0 Å². The van der Waals surface area contributed by atoms with E-state index in [1.54, 1.807) is 24.4 Å². The van der Waals surface area contributed by atoms with E-state index in [0.717, 1.165) is 4.47 Å². The number of sulfonamides is 1. The maximum Gasteiger partial charge on any atom is 0.246 e. The third kappa shape index (κ3) is 4.08. The fourth-order valence-electron chi connectivity index (χ4n) is 2.61. The molecule has 0 radical (unpaired) electrons. The molecule has 1 aliphatic heterocycles. The molecule has 1 saturated heterocycles. The number of pyridine rings is 1. The zero-order valence-electron chi connectivity index (χ0n) is 13.4. The van der Waals surface area contributed by atoms with Crippen molar-refractivity contribution in [2.24, 2.45) is 0 Å². The van der Waals surface area contributed by atoms with E-state index >= 15 is 0 Å². The Labute approximate surface area is 159 Å². The number of nitrogens with zero attached hydrogens (tertiary/aromatic N) is 2. The largest absolute Gasteiger partial charge is 0.495 e. The van der Waals surface area contributed by atoms with Crippen LogP contribution in [0.5, 0.6) is 11.6 Å². The highest BCUT2D eigenvalue weighted by Gasteiger charge is 2.35. The molecule has 0 spiro atoms. The van der Waals surface area contributed by atoms with E-state index in [2.05, 4.69) is 20.9 Å². The maximum atomic E-state index is 12.9. The second-order valence-electron chi connectivity index (χ2n) is 5.50. The Kier molecular flexibility index (Phi) is 5.52. The van der Waals surface area contributed by atoms with Crippen LogP contribution in [0, 0.1) is 0 Å². The van der Waals surface area contributed by atoms with Crippen LogP contribution in [0.2, 0.25) is 5.02 Å². The van der Waals surface area contributed by atoms with E-state index in [9.17, 15) is 8.42 Å². The molecule has 1 aromatic carbocycles. The van der Waals surface area contributed by atoms with E-state index in [1.807, 2.05) is 6.07 Å². The number of rotatable bonds is 5. The highest BCUT2D eigenvalue weighted by Crippen LogP contribution is 2.31. The van der Waals surface area contributed by atoms with Crippen LogP contribution in [-0.2, 0) is 10.0 Å². The molecule has 0 aliphatic carbocycles. The summed E-state index contributed by atoms with van der Waals surface area (Å²) in [6.45, 7) is 0.606. The molecule has 2 aromatic rings. The minimum atomic E-state index is -3.72. The summed E-state index contributed by atoms with van der Waals surface area (Å²) in [7, 11) is -2.29. The van der Waals surface area contributed by atoms with Gasteiger partial charge in [-0.2, -0.15) is 4.31 Å². The zero-order chi connectivity index (χ0) is 18.0. The summed E-state index contributed by atoms with van der Waals surface area (Å²) < 4.78 is 39.0. The van der Waals surface area contributed by atoms with Crippen LogP contribution in [0.15, 0.2) is 45.9 Å². The van der Waals surface area contributed by atoms with Crippen molar-refractivity contribution >= 4 is 37.6 Å². The van der Waals surface area contributed by atoms with Gasteiger partial charge in [0.15, 0.2) is 0 Å². The molecule has 0 bridgehead atoms. The Bertz CT molecular complexity index is 861. The van der Waals surface area contributed by atoms with Crippen LogP contribution in [0.3, 0.4) is 0 Å². The molecule has 1 aliphatic rings. The standard InChI is InChI=1S/C16H16BrClN2O4S/c1-23-14-4-3-12(18)8-15(14)25(21,22)20-7-6-13(10-20)24-16-5-2-11(17)9-19-16/h2-5,8-9,13H,6-7,10H2,1H3/t13-/m1/s1. The van der Waals surface area contributed by atoms with Crippen LogP contribution in [0.4, 0.5) is 0 Å². The number of aromatic nitrogens is 1. The molecule has 6 nitrogen and oxygen atoms in total. The fraction of sp³-hybridized carbons (Fsp3) is 0.312. The first-order valence-electron chi connectivity index (χ1n) is 7.52. The van der Waals surface area contributed by atoms with E-state index in [0.29, 0.717) is 23.9 Å². The van der Waals surface area contributed by atoms with Crippen molar-refractivity contribution in [3.8, 4) is 11.6 Å². The minimum absolute atomic E-state index is 0.0601. The van der Waals surface area contributed by atoms with Crippen molar-refractivity contribution in [3.63, 3.8) is 0 Å². The number of methoxy groups -OCH3 is 1. The lowest BCUT2D eigenvalue weighted by Gasteiger charge is -2.18. The van der Waals surface area contributed by atoms with Crippen molar-refractivity contribution in [3.05, 3.63) is 46.0 Å². The first-order chi connectivity index (χ1) is 11.9. The topological polar surface area (TPSA) is 68.7 Å². The van der Waals surface area contributed by atoms with Gasteiger partial charge in [0.05, 0.1) is 13.7 Å². The summed E-state index contributed by atoms with van der Waals surface area (Å²) >= 11 is 9.27. The molecule has 9 heteroatoms. The molecule has 0 amide bonds. The van der Waals surface area contributed by atoms with Gasteiger partial charge in [-0.1, -0.05) is 11.6 Å². The lowest BCUT2D eigenvalue weighted by molar-refractivity contribution is 0.207. The molecular formula is C16H16BrClN2O4S. The number of ether oxygens (including phenoxy) is 2. The van der Waals surface area contributed by atoms with Gasteiger partial charge in [-0.25, -0.2) is 13.4 Å². The Morgan fingerprint density at radius 3 is 2.80 bits per heavy atom. The SMILES string of the molecule is COc1ccc(Cl)cc1S(=O)(=O)N1CC[C@@H](Oc2ccc(Br)cn2)C1. The van der Waals surface area contributed by atoms with Crippen LogP contribution >= 0.6 is 27.5 Å². The second-order valence-corrected chi connectivity index (χ2v) is 8.76. The van der Waals surface area contributed by atoms with Crippen LogP contribution in [-0.4, -0.2) is 44.0 Å². The van der Waals surface area contributed by atoms with Crippen molar-refractivity contribution in [2.75, 3.05) is 20.2 Å². The number of halogens is 2. The van der Waals surface area contributed by atoms with Crippen LogP contribution < -0.4 is 9.47 Å². The van der Waals surface area contributed by atoms with Gasteiger partial charge in [0.25, 0.3) is 0 Å². The number of benzene rings is 1. The Balaban J connectivity index is 1.76. The summed E-state index contributed by atoms with van der Waals surface area (Å²) in [4.78, 5) is 4.21. The van der Waals surface area contributed by atoms with Gasteiger partial charge in [0.1, 0.15) is 16.7 Å². The van der Waals surface area contributed by atoms with E-state index in [1.165, 1.54) is 17.5 Å². The van der Waals surface area contributed by atoms with Gasteiger partial charge in [-0.05, 0) is 46.6 Å². The number of hydrogen-bond acceptors (Lipinski definition) is 5. The highest BCUT2D eigenvalue weighted by molar-refractivity contribution is 9.10. The van der Waals surface area contributed by atoms with Crippen molar-refractivity contribution in [2.45, 2.75) is 17.4 Å². The second kappa shape index (κ2) is 7.49. The Morgan fingerprint density at radius 1 is 1.32 bits per heavy atom. The predicted molar refractivity (Wildman–Crippen MR) is 97.7 cm³/mol. The van der Waals surface area contributed by atoms with Crippen molar-refractivity contribution in [1.29, 1.82) is 0 Å². The molecule has 3 rings (SSSR count). The molecule has 2 heterocycles. The summed E-state index contributed by atoms with van der Waals surface area (Å²) in [6, 6.07) is 8.10.